The van der Waals surface area contributed by atoms with Gasteiger partial charge in [-0.3, -0.25) is 24.5 Å². The van der Waals surface area contributed by atoms with Crippen LogP contribution in [0, 0.1) is 17.0 Å². The van der Waals surface area contributed by atoms with Gasteiger partial charge in [0, 0.05) is 28.3 Å². The van der Waals surface area contributed by atoms with Gasteiger partial charge in [-0.15, -0.1) is 11.8 Å². The lowest BCUT2D eigenvalue weighted by Crippen LogP contribution is -2.30. The normalized spacial score (nSPS) is 10.9. The topological polar surface area (TPSA) is 130 Å². The molecule has 0 saturated heterocycles. The summed E-state index contributed by atoms with van der Waals surface area (Å²) in [5, 5.41) is 19.2. The van der Waals surface area contributed by atoms with Crippen molar-refractivity contribution in [3.63, 3.8) is 0 Å². The van der Waals surface area contributed by atoms with Crippen molar-refractivity contribution in [1.82, 2.24) is 5.32 Å². The van der Waals surface area contributed by atoms with Crippen molar-refractivity contribution in [2.45, 2.75) is 11.8 Å². The highest BCUT2D eigenvalue weighted by molar-refractivity contribution is 8.00. The van der Waals surface area contributed by atoms with Gasteiger partial charge in [0.25, 0.3) is 17.5 Å². The number of carbonyl (C=O) groups excluding carboxylic acids is 3. The summed E-state index contributed by atoms with van der Waals surface area (Å²) in [7, 11) is 0. The minimum atomic E-state index is -0.512. The molecule has 4 rings (SSSR count). The van der Waals surface area contributed by atoms with E-state index < -0.39 is 16.7 Å². The average molecular weight is 567 g/mol. The summed E-state index contributed by atoms with van der Waals surface area (Å²) in [5.74, 6) is -1.12. The molecule has 0 aliphatic heterocycles. The number of nitrogens with one attached hydrogen (secondary N) is 3. The number of thioether (sulfide) groups is 1. The third-order valence-electron chi connectivity index (χ3n) is 5.83. The van der Waals surface area contributed by atoms with Crippen molar-refractivity contribution in [2.75, 3.05) is 16.4 Å². The maximum Gasteiger partial charge on any atom is 0.272 e. The number of non-ortho nitro benzene ring substituents is 1. The largest absolute Gasteiger partial charge is 0.325 e. The number of nitro benzene ring substituents is 1. The Morgan fingerprint density at radius 3 is 2.17 bits per heavy atom. The van der Waals surface area contributed by atoms with E-state index in [9.17, 15) is 24.5 Å². The molecule has 41 heavy (non-hydrogen) atoms. The molecule has 0 aromatic heterocycles. The van der Waals surface area contributed by atoms with Crippen LogP contribution >= 0.6 is 11.8 Å². The Balaban J connectivity index is 1.38. The first-order chi connectivity index (χ1) is 19.8. The fourth-order valence-electron chi connectivity index (χ4n) is 3.68. The van der Waals surface area contributed by atoms with Gasteiger partial charge in [0.15, 0.2) is 0 Å². The summed E-state index contributed by atoms with van der Waals surface area (Å²) >= 11 is 1.28. The molecule has 3 amide bonds. The predicted molar refractivity (Wildman–Crippen MR) is 161 cm³/mol. The fourth-order valence-corrected chi connectivity index (χ4v) is 4.38. The highest BCUT2D eigenvalue weighted by Crippen LogP contribution is 2.24. The first-order valence-electron chi connectivity index (χ1n) is 12.5. The SMILES string of the molecule is Cc1ccc([N+](=O)[O-])cc1NC(=O)CSc1ccc(NC(=O)/C(=C/c2ccccc2)NC(=O)c2ccccc2)cc1. The molecule has 0 bridgehead atoms. The summed E-state index contributed by atoms with van der Waals surface area (Å²) in [6.07, 6.45) is 1.60. The smallest absolute Gasteiger partial charge is 0.272 e. The quantitative estimate of drug-likeness (QED) is 0.0928. The van der Waals surface area contributed by atoms with Gasteiger partial charge in [0.2, 0.25) is 5.91 Å². The summed E-state index contributed by atoms with van der Waals surface area (Å²) < 4.78 is 0. The van der Waals surface area contributed by atoms with Gasteiger partial charge in [0.1, 0.15) is 5.70 Å². The molecule has 0 radical (unpaired) electrons. The van der Waals surface area contributed by atoms with Crippen LogP contribution in [0.4, 0.5) is 17.1 Å². The minimum Gasteiger partial charge on any atom is -0.325 e. The van der Waals surface area contributed by atoms with Crippen LogP contribution in [0.1, 0.15) is 21.5 Å². The van der Waals surface area contributed by atoms with Crippen molar-refractivity contribution < 1.29 is 19.3 Å². The van der Waals surface area contributed by atoms with E-state index in [4.69, 9.17) is 0 Å². The molecular weight excluding hydrogens is 540 g/mol. The molecule has 4 aromatic rings. The van der Waals surface area contributed by atoms with Crippen LogP contribution < -0.4 is 16.0 Å². The van der Waals surface area contributed by atoms with E-state index in [1.54, 1.807) is 73.7 Å². The monoisotopic (exact) mass is 566 g/mol. The van der Waals surface area contributed by atoms with E-state index in [-0.39, 0.29) is 23.0 Å². The number of aryl methyl sites for hydroxylation is 1. The molecule has 0 fully saturated rings. The molecule has 0 heterocycles. The second-order valence-corrected chi connectivity index (χ2v) is 9.91. The first-order valence-corrected chi connectivity index (χ1v) is 13.5. The fraction of sp³-hybridized carbons (Fsp3) is 0.0645. The molecule has 10 heteroatoms. The predicted octanol–water partition coefficient (Wildman–Crippen LogP) is 6.04. The van der Waals surface area contributed by atoms with Gasteiger partial charge in [-0.1, -0.05) is 54.6 Å². The lowest BCUT2D eigenvalue weighted by Gasteiger charge is -2.12. The van der Waals surface area contributed by atoms with E-state index in [1.165, 1.54) is 23.9 Å². The lowest BCUT2D eigenvalue weighted by molar-refractivity contribution is -0.384. The van der Waals surface area contributed by atoms with E-state index in [2.05, 4.69) is 16.0 Å². The molecule has 3 N–H and O–H groups in total. The van der Waals surface area contributed by atoms with Gasteiger partial charge in [-0.2, -0.15) is 0 Å². The van der Waals surface area contributed by atoms with Crippen LogP contribution in [0.25, 0.3) is 6.08 Å². The Bertz CT molecular complexity index is 1590. The summed E-state index contributed by atoms with van der Waals surface area (Å²) in [4.78, 5) is 49.7. The Morgan fingerprint density at radius 2 is 1.51 bits per heavy atom. The van der Waals surface area contributed by atoms with Crippen molar-refractivity contribution >= 4 is 52.6 Å². The zero-order chi connectivity index (χ0) is 29.2. The van der Waals surface area contributed by atoms with Crippen LogP contribution in [0.15, 0.2) is 114 Å². The Morgan fingerprint density at radius 1 is 0.854 bits per heavy atom. The summed E-state index contributed by atoms with van der Waals surface area (Å²) in [5.41, 5.74) is 2.76. The van der Waals surface area contributed by atoms with Crippen molar-refractivity contribution in [2.24, 2.45) is 0 Å². The number of hydrogen-bond donors (Lipinski definition) is 3. The average Bonchev–Trinajstić information content (AvgIpc) is 2.98. The van der Waals surface area contributed by atoms with E-state index >= 15 is 0 Å². The summed E-state index contributed by atoms with van der Waals surface area (Å²) in [6.45, 7) is 1.76. The molecule has 0 aliphatic carbocycles. The van der Waals surface area contributed by atoms with Crippen LogP contribution in [0.5, 0.6) is 0 Å². The van der Waals surface area contributed by atoms with Crippen molar-refractivity contribution in [3.8, 4) is 0 Å². The molecule has 9 nitrogen and oxygen atoms in total. The molecule has 206 valence electrons. The molecule has 0 atom stereocenters. The van der Waals surface area contributed by atoms with Crippen molar-refractivity contribution in [1.29, 1.82) is 0 Å². The van der Waals surface area contributed by atoms with Crippen LogP contribution in [-0.4, -0.2) is 28.4 Å². The van der Waals surface area contributed by atoms with Gasteiger partial charge >= 0.3 is 0 Å². The molecule has 4 aromatic carbocycles. The zero-order valence-electron chi connectivity index (χ0n) is 22.0. The molecule has 0 unspecified atom stereocenters. The third-order valence-corrected chi connectivity index (χ3v) is 6.84. The minimum absolute atomic E-state index is 0.0802. The Kier molecular flexibility index (Phi) is 9.63. The number of amides is 3. The summed E-state index contributed by atoms with van der Waals surface area (Å²) in [6, 6.07) is 29.0. The molecule has 0 saturated carbocycles. The number of anilines is 2. The van der Waals surface area contributed by atoms with Gasteiger partial charge in [-0.25, -0.2) is 0 Å². The Hall–Kier alpha value is -5.22. The molecule has 0 spiro atoms. The molecular formula is C31H26N4O5S. The van der Waals surface area contributed by atoms with Gasteiger partial charge in [-0.05, 0) is 60.5 Å². The highest BCUT2D eigenvalue weighted by Gasteiger charge is 2.16. The number of nitro groups is 1. The van der Waals surface area contributed by atoms with Crippen molar-refractivity contribution in [3.05, 3.63) is 136 Å². The Labute approximate surface area is 240 Å². The number of carbonyl (C=O) groups is 3. The zero-order valence-corrected chi connectivity index (χ0v) is 22.8. The highest BCUT2D eigenvalue weighted by atomic mass is 32.2. The van der Waals surface area contributed by atoms with E-state index in [0.29, 0.717) is 16.9 Å². The molecule has 0 aliphatic rings. The van der Waals surface area contributed by atoms with Crippen LogP contribution in [-0.2, 0) is 9.59 Å². The second-order valence-electron chi connectivity index (χ2n) is 8.86. The van der Waals surface area contributed by atoms with Gasteiger partial charge in [0.05, 0.1) is 16.4 Å². The first kappa shape index (κ1) is 28.8. The third kappa shape index (κ3) is 8.38. The second kappa shape index (κ2) is 13.7. The number of nitrogens with zero attached hydrogens (tertiary/aromatic N) is 1. The van der Waals surface area contributed by atoms with Crippen LogP contribution in [0.3, 0.4) is 0 Å². The maximum atomic E-state index is 13.2. The number of benzene rings is 4. The standard InChI is InChI=1S/C31H26N4O5S/c1-21-12-15-25(35(39)40)19-27(21)33-29(36)20-41-26-16-13-24(14-17-26)32-31(38)28(18-22-8-4-2-5-9-22)34-30(37)23-10-6-3-7-11-23/h2-19H,20H2,1H3,(H,32,38)(H,33,36)(H,34,37)/b28-18-. The van der Waals surface area contributed by atoms with E-state index in [1.807, 2.05) is 30.3 Å². The number of hydrogen-bond acceptors (Lipinski definition) is 6. The number of rotatable bonds is 10. The van der Waals surface area contributed by atoms with Gasteiger partial charge < -0.3 is 16.0 Å². The lowest BCUT2D eigenvalue weighted by atomic mass is 10.1. The van der Waals surface area contributed by atoms with Crippen LogP contribution in [0.2, 0.25) is 0 Å². The van der Waals surface area contributed by atoms with E-state index in [0.717, 1.165) is 16.0 Å². The maximum absolute atomic E-state index is 13.2.